The molecule has 2 aromatic carbocycles. The summed E-state index contributed by atoms with van der Waals surface area (Å²) in [6.45, 7) is 0. The van der Waals surface area contributed by atoms with E-state index in [9.17, 15) is 24.8 Å². The molecule has 0 saturated carbocycles. The van der Waals surface area contributed by atoms with Gasteiger partial charge in [-0.3, -0.25) is 14.9 Å². The van der Waals surface area contributed by atoms with E-state index in [0.29, 0.717) is 0 Å². The Balaban J connectivity index is 2.26. The van der Waals surface area contributed by atoms with Crippen LogP contribution in [0.15, 0.2) is 42.5 Å². The van der Waals surface area contributed by atoms with Crippen LogP contribution in [0.5, 0.6) is 5.75 Å². The van der Waals surface area contributed by atoms with Crippen LogP contribution in [0, 0.1) is 10.1 Å². The molecule has 0 unspecified atom stereocenters. The van der Waals surface area contributed by atoms with Crippen molar-refractivity contribution < 1.29 is 24.7 Å². The van der Waals surface area contributed by atoms with Crippen molar-refractivity contribution in [1.29, 1.82) is 0 Å². The second-order valence-corrected chi connectivity index (χ2v) is 4.30. The lowest BCUT2D eigenvalue weighted by molar-refractivity contribution is -0.384. The first kappa shape index (κ1) is 15.0. The summed E-state index contributed by atoms with van der Waals surface area (Å²) in [7, 11) is 0. The van der Waals surface area contributed by atoms with Gasteiger partial charge in [0.2, 0.25) is 0 Å². The molecule has 3 N–H and O–H groups in total. The zero-order valence-corrected chi connectivity index (χ0v) is 11.0. The van der Waals surface area contributed by atoms with Crippen LogP contribution in [-0.4, -0.2) is 27.0 Å². The Morgan fingerprint density at radius 2 is 1.86 bits per heavy atom. The molecule has 0 fully saturated rings. The maximum absolute atomic E-state index is 12.0. The lowest BCUT2D eigenvalue weighted by Gasteiger charge is -2.07. The van der Waals surface area contributed by atoms with Gasteiger partial charge in [0, 0.05) is 23.4 Å². The Kier molecular flexibility index (Phi) is 4.03. The number of carbonyl (C=O) groups is 2. The lowest BCUT2D eigenvalue weighted by Crippen LogP contribution is -2.12. The summed E-state index contributed by atoms with van der Waals surface area (Å²) in [5, 5.41) is 31.4. The molecule has 22 heavy (non-hydrogen) atoms. The molecule has 0 aromatic heterocycles. The first-order valence-electron chi connectivity index (χ1n) is 6.00. The van der Waals surface area contributed by atoms with Crippen molar-refractivity contribution in [2.45, 2.75) is 0 Å². The standard InChI is InChI=1S/C14H10N2O6/c17-12-5-4-9(7-11(12)14(19)20)15-13(18)8-2-1-3-10(6-8)16(21)22/h1-7,17H,(H,15,18)(H,19,20). The highest BCUT2D eigenvalue weighted by Gasteiger charge is 2.14. The molecule has 0 aliphatic heterocycles. The van der Waals surface area contributed by atoms with Gasteiger partial charge in [-0.25, -0.2) is 4.79 Å². The average molecular weight is 302 g/mol. The van der Waals surface area contributed by atoms with Crippen molar-refractivity contribution in [2.75, 3.05) is 5.32 Å². The number of phenols is 1. The normalized spacial score (nSPS) is 10.0. The minimum absolute atomic E-state index is 0.0548. The van der Waals surface area contributed by atoms with Crippen LogP contribution in [0.3, 0.4) is 0 Å². The number of carbonyl (C=O) groups excluding carboxylic acids is 1. The van der Waals surface area contributed by atoms with Crippen molar-refractivity contribution in [2.24, 2.45) is 0 Å². The SMILES string of the molecule is O=C(Nc1ccc(O)c(C(=O)O)c1)c1cccc([N+](=O)[O-])c1. The van der Waals surface area contributed by atoms with Gasteiger partial charge in [-0.2, -0.15) is 0 Å². The van der Waals surface area contributed by atoms with Crippen LogP contribution in [0.1, 0.15) is 20.7 Å². The predicted octanol–water partition coefficient (Wildman–Crippen LogP) is 2.25. The third kappa shape index (κ3) is 3.18. The quantitative estimate of drug-likeness (QED) is 0.451. The van der Waals surface area contributed by atoms with Crippen molar-refractivity contribution in [3.8, 4) is 5.75 Å². The van der Waals surface area contributed by atoms with Crippen molar-refractivity contribution in [1.82, 2.24) is 0 Å². The maximum Gasteiger partial charge on any atom is 0.339 e. The minimum atomic E-state index is -1.34. The number of hydrogen-bond donors (Lipinski definition) is 3. The third-order valence-electron chi connectivity index (χ3n) is 2.80. The van der Waals surface area contributed by atoms with E-state index in [1.54, 1.807) is 0 Å². The molecule has 0 atom stereocenters. The highest BCUT2D eigenvalue weighted by Crippen LogP contribution is 2.22. The molecule has 0 heterocycles. The third-order valence-corrected chi connectivity index (χ3v) is 2.80. The van der Waals surface area contributed by atoms with Gasteiger partial charge in [0.1, 0.15) is 11.3 Å². The van der Waals surface area contributed by atoms with Gasteiger partial charge in [-0.15, -0.1) is 0 Å². The van der Waals surface area contributed by atoms with E-state index >= 15 is 0 Å². The van der Waals surface area contributed by atoms with Crippen LogP contribution in [0.2, 0.25) is 0 Å². The van der Waals surface area contributed by atoms with Crippen molar-refractivity contribution in [3.05, 3.63) is 63.7 Å². The highest BCUT2D eigenvalue weighted by atomic mass is 16.6. The summed E-state index contributed by atoms with van der Waals surface area (Å²) < 4.78 is 0. The summed E-state index contributed by atoms with van der Waals surface area (Å²) in [6, 6.07) is 8.65. The second-order valence-electron chi connectivity index (χ2n) is 4.30. The number of aromatic hydroxyl groups is 1. The monoisotopic (exact) mass is 302 g/mol. The first-order valence-corrected chi connectivity index (χ1v) is 6.00. The van der Waals surface area contributed by atoms with Gasteiger partial charge < -0.3 is 15.5 Å². The number of nitro groups is 1. The lowest BCUT2D eigenvalue weighted by atomic mass is 10.1. The van der Waals surface area contributed by atoms with Gasteiger partial charge in [0.25, 0.3) is 11.6 Å². The van der Waals surface area contributed by atoms with Crippen LogP contribution in [-0.2, 0) is 0 Å². The second kappa shape index (κ2) is 5.92. The molecule has 0 bridgehead atoms. The number of benzene rings is 2. The number of carboxylic acids is 1. The highest BCUT2D eigenvalue weighted by molar-refractivity contribution is 6.05. The van der Waals surface area contributed by atoms with Crippen molar-refractivity contribution in [3.63, 3.8) is 0 Å². The predicted molar refractivity (Wildman–Crippen MR) is 76.1 cm³/mol. The molecule has 8 heteroatoms. The van der Waals surface area contributed by atoms with Gasteiger partial charge in [0.05, 0.1) is 4.92 Å². The van der Waals surface area contributed by atoms with E-state index in [4.69, 9.17) is 5.11 Å². The van der Waals surface area contributed by atoms with E-state index in [0.717, 1.165) is 18.2 Å². The van der Waals surface area contributed by atoms with E-state index < -0.39 is 22.5 Å². The zero-order valence-electron chi connectivity index (χ0n) is 11.0. The van der Waals surface area contributed by atoms with Crippen LogP contribution < -0.4 is 5.32 Å². The number of hydrogen-bond acceptors (Lipinski definition) is 5. The molecule has 1 amide bonds. The smallest absolute Gasteiger partial charge is 0.339 e. The number of anilines is 1. The maximum atomic E-state index is 12.0. The number of non-ortho nitro benzene ring substituents is 1. The summed E-state index contributed by atoms with van der Waals surface area (Å²) in [4.78, 5) is 33.0. The number of amides is 1. The molecule has 0 aliphatic carbocycles. The number of carboxylic acid groups (broad SMARTS) is 1. The van der Waals surface area contributed by atoms with Crippen LogP contribution >= 0.6 is 0 Å². The Labute approximate surface area is 123 Å². The molecule has 0 spiro atoms. The van der Waals surface area contributed by atoms with Gasteiger partial charge in [-0.05, 0) is 24.3 Å². The zero-order chi connectivity index (χ0) is 16.3. The molecule has 0 saturated heterocycles. The summed E-state index contributed by atoms with van der Waals surface area (Å²) >= 11 is 0. The molecule has 0 aliphatic rings. The molecule has 2 rings (SSSR count). The molecule has 0 radical (unpaired) electrons. The van der Waals surface area contributed by atoms with Crippen molar-refractivity contribution >= 4 is 23.3 Å². The summed E-state index contributed by atoms with van der Waals surface area (Å²) in [5.41, 5.74) is -0.396. The summed E-state index contributed by atoms with van der Waals surface area (Å²) in [5.74, 6) is -2.41. The Bertz CT molecular complexity index is 772. The number of nitrogens with one attached hydrogen (secondary N) is 1. The van der Waals surface area contributed by atoms with E-state index in [-0.39, 0.29) is 22.5 Å². The van der Waals surface area contributed by atoms with Crippen LogP contribution in [0.4, 0.5) is 11.4 Å². The van der Waals surface area contributed by atoms with Gasteiger partial charge >= 0.3 is 5.97 Å². The Hall–Kier alpha value is -3.42. The van der Waals surface area contributed by atoms with E-state index in [1.807, 2.05) is 0 Å². The molecule has 8 nitrogen and oxygen atoms in total. The topological polar surface area (TPSA) is 130 Å². The fraction of sp³-hybridized carbons (Fsp3) is 0. The number of aromatic carboxylic acids is 1. The van der Waals surface area contributed by atoms with E-state index in [2.05, 4.69) is 5.32 Å². The Morgan fingerprint density at radius 3 is 2.50 bits per heavy atom. The molecular formula is C14H10N2O6. The first-order chi connectivity index (χ1) is 10.4. The van der Waals surface area contributed by atoms with Gasteiger partial charge in [-0.1, -0.05) is 6.07 Å². The molecule has 112 valence electrons. The summed E-state index contributed by atoms with van der Waals surface area (Å²) in [6.07, 6.45) is 0. The molecule has 2 aromatic rings. The van der Waals surface area contributed by atoms with Gasteiger partial charge in [0.15, 0.2) is 0 Å². The largest absolute Gasteiger partial charge is 0.507 e. The number of rotatable bonds is 4. The minimum Gasteiger partial charge on any atom is -0.507 e. The number of nitrogens with zero attached hydrogens (tertiary/aromatic N) is 1. The fourth-order valence-corrected chi connectivity index (χ4v) is 1.75. The van der Waals surface area contributed by atoms with Crippen LogP contribution in [0.25, 0.3) is 0 Å². The number of nitro benzene ring substituents is 1. The molecular weight excluding hydrogens is 292 g/mol. The fourth-order valence-electron chi connectivity index (χ4n) is 1.75. The van der Waals surface area contributed by atoms with E-state index in [1.165, 1.54) is 24.3 Å². The average Bonchev–Trinajstić information content (AvgIpc) is 2.49. The Morgan fingerprint density at radius 1 is 1.14 bits per heavy atom.